The van der Waals surface area contributed by atoms with Gasteiger partial charge in [-0.15, -0.1) is 0 Å². The van der Waals surface area contributed by atoms with Crippen LogP contribution in [-0.2, 0) is 6.18 Å². The van der Waals surface area contributed by atoms with Gasteiger partial charge in [0.05, 0.1) is 11.6 Å². The van der Waals surface area contributed by atoms with Crippen molar-refractivity contribution in [3.63, 3.8) is 0 Å². The normalized spacial score (nSPS) is 13.2. The molecule has 3 N–H and O–H groups in total. The molecular weight excluding hydrogens is 284 g/mol. The van der Waals surface area contributed by atoms with Gasteiger partial charge in [-0.2, -0.15) is 13.2 Å². The van der Waals surface area contributed by atoms with E-state index in [1.165, 1.54) is 6.07 Å². The van der Waals surface area contributed by atoms with Gasteiger partial charge in [0.2, 0.25) is 0 Å². The molecule has 2 aromatic carbocycles. The molecule has 0 radical (unpaired) electrons. The lowest BCUT2D eigenvalue weighted by atomic mass is 9.96. The standard InChI is InChI=1S/C15H14F4N2/c1-9-3-2-4-10(7-9)14(21-20)11-5-6-12(13(16)8-11)15(17,18)19/h2-8,14,21H,20H2,1H3. The van der Waals surface area contributed by atoms with Crippen LogP contribution in [-0.4, -0.2) is 0 Å². The molecule has 6 heteroatoms. The Bertz CT molecular complexity index is 638. The number of rotatable bonds is 3. The predicted molar refractivity (Wildman–Crippen MR) is 71.7 cm³/mol. The minimum atomic E-state index is -4.71. The molecule has 0 aromatic heterocycles. The molecule has 1 atom stereocenters. The summed E-state index contributed by atoms with van der Waals surface area (Å²) in [6.45, 7) is 1.88. The number of halogens is 4. The smallest absolute Gasteiger partial charge is 0.271 e. The number of hydrazine groups is 1. The first kappa shape index (κ1) is 15.5. The number of aryl methyl sites for hydroxylation is 1. The van der Waals surface area contributed by atoms with Crippen LogP contribution in [0.5, 0.6) is 0 Å². The average Bonchev–Trinajstić information content (AvgIpc) is 2.38. The third-order valence-corrected chi connectivity index (χ3v) is 3.17. The van der Waals surface area contributed by atoms with Crippen molar-refractivity contribution >= 4 is 0 Å². The Kier molecular flexibility index (Phi) is 4.29. The third kappa shape index (κ3) is 3.40. The van der Waals surface area contributed by atoms with Gasteiger partial charge in [-0.3, -0.25) is 5.84 Å². The van der Waals surface area contributed by atoms with E-state index in [9.17, 15) is 17.6 Å². The number of hydrogen-bond acceptors (Lipinski definition) is 2. The summed E-state index contributed by atoms with van der Waals surface area (Å²) in [7, 11) is 0. The average molecular weight is 298 g/mol. The Hall–Kier alpha value is -1.92. The van der Waals surface area contributed by atoms with Crippen LogP contribution >= 0.6 is 0 Å². The lowest BCUT2D eigenvalue weighted by Gasteiger charge is -2.18. The van der Waals surface area contributed by atoms with Gasteiger partial charge in [-0.05, 0) is 30.2 Å². The second-order valence-corrected chi connectivity index (χ2v) is 4.75. The molecule has 0 saturated carbocycles. The van der Waals surface area contributed by atoms with Crippen molar-refractivity contribution < 1.29 is 17.6 Å². The zero-order valence-electron chi connectivity index (χ0n) is 11.2. The zero-order valence-corrected chi connectivity index (χ0v) is 11.2. The van der Waals surface area contributed by atoms with Gasteiger partial charge in [0.25, 0.3) is 0 Å². The van der Waals surface area contributed by atoms with Crippen LogP contribution in [0.1, 0.15) is 28.3 Å². The molecule has 0 amide bonds. The quantitative estimate of drug-likeness (QED) is 0.515. The van der Waals surface area contributed by atoms with Gasteiger partial charge in [-0.25, -0.2) is 9.82 Å². The molecule has 2 rings (SSSR count). The van der Waals surface area contributed by atoms with Crippen LogP contribution in [0, 0.1) is 12.7 Å². The minimum absolute atomic E-state index is 0.327. The third-order valence-electron chi connectivity index (χ3n) is 3.17. The first-order valence-corrected chi connectivity index (χ1v) is 6.22. The van der Waals surface area contributed by atoms with Gasteiger partial charge < -0.3 is 0 Å². The highest BCUT2D eigenvalue weighted by Crippen LogP contribution is 2.33. The molecule has 0 saturated heterocycles. The van der Waals surface area contributed by atoms with E-state index in [1.807, 2.05) is 19.1 Å². The van der Waals surface area contributed by atoms with E-state index in [2.05, 4.69) is 5.43 Å². The molecule has 0 aliphatic carbocycles. The lowest BCUT2D eigenvalue weighted by Crippen LogP contribution is -2.29. The van der Waals surface area contributed by atoms with E-state index in [1.54, 1.807) is 12.1 Å². The number of hydrogen-bond donors (Lipinski definition) is 2. The minimum Gasteiger partial charge on any atom is -0.271 e. The second kappa shape index (κ2) is 5.83. The summed E-state index contributed by atoms with van der Waals surface area (Å²) in [4.78, 5) is 0. The van der Waals surface area contributed by atoms with Crippen LogP contribution in [0.15, 0.2) is 42.5 Å². The fraction of sp³-hybridized carbons (Fsp3) is 0.200. The maximum Gasteiger partial charge on any atom is 0.419 e. The van der Waals surface area contributed by atoms with Gasteiger partial charge in [-0.1, -0.05) is 35.9 Å². The van der Waals surface area contributed by atoms with Crippen LogP contribution < -0.4 is 11.3 Å². The summed E-state index contributed by atoms with van der Waals surface area (Å²) in [5, 5.41) is 0. The van der Waals surface area contributed by atoms with E-state index in [-0.39, 0.29) is 0 Å². The monoisotopic (exact) mass is 298 g/mol. The molecule has 0 aliphatic heterocycles. The Morgan fingerprint density at radius 3 is 2.24 bits per heavy atom. The van der Waals surface area contributed by atoms with Gasteiger partial charge in [0.1, 0.15) is 5.82 Å². The maximum absolute atomic E-state index is 13.6. The topological polar surface area (TPSA) is 38.0 Å². The first-order chi connectivity index (χ1) is 9.82. The van der Waals surface area contributed by atoms with Gasteiger partial charge in [0, 0.05) is 0 Å². The van der Waals surface area contributed by atoms with Crippen LogP contribution in [0.25, 0.3) is 0 Å². The summed E-state index contributed by atoms with van der Waals surface area (Å²) in [5.74, 6) is 4.15. The molecular formula is C15H14F4N2. The van der Waals surface area contributed by atoms with Gasteiger partial charge in [0.15, 0.2) is 0 Å². The van der Waals surface area contributed by atoms with Crippen LogP contribution in [0.3, 0.4) is 0 Å². The molecule has 0 fully saturated rings. The molecule has 1 unspecified atom stereocenters. The van der Waals surface area contributed by atoms with Crippen molar-refractivity contribution in [2.75, 3.05) is 0 Å². The highest BCUT2D eigenvalue weighted by molar-refractivity contribution is 5.36. The molecule has 112 valence electrons. The highest BCUT2D eigenvalue weighted by atomic mass is 19.4. The van der Waals surface area contributed by atoms with Crippen molar-refractivity contribution in [2.45, 2.75) is 19.1 Å². The first-order valence-electron chi connectivity index (χ1n) is 6.22. The van der Waals surface area contributed by atoms with E-state index < -0.39 is 23.6 Å². The molecule has 2 nitrogen and oxygen atoms in total. The molecule has 0 heterocycles. The number of alkyl halides is 3. The summed E-state index contributed by atoms with van der Waals surface area (Å²) in [5.41, 5.74) is 3.26. The Labute approximate surface area is 119 Å². The van der Waals surface area contributed by atoms with Crippen molar-refractivity contribution in [1.29, 1.82) is 0 Å². The van der Waals surface area contributed by atoms with Crippen molar-refractivity contribution in [1.82, 2.24) is 5.43 Å². The fourth-order valence-corrected chi connectivity index (χ4v) is 2.18. The largest absolute Gasteiger partial charge is 0.419 e. The summed E-state index contributed by atoms with van der Waals surface area (Å²) in [6, 6.07) is 9.51. The van der Waals surface area contributed by atoms with Crippen LogP contribution in [0.2, 0.25) is 0 Å². The molecule has 2 aromatic rings. The van der Waals surface area contributed by atoms with E-state index in [0.29, 0.717) is 5.56 Å². The SMILES string of the molecule is Cc1cccc(C(NN)c2ccc(C(F)(F)F)c(F)c2)c1. The summed E-state index contributed by atoms with van der Waals surface area (Å²) >= 11 is 0. The number of nitrogens with two attached hydrogens (primary N) is 1. The Morgan fingerprint density at radius 2 is 1.71 bits per heavy atom. The van der Waals surface area contributed by atoms with E-state index in [4.69, 9.17) is 5.84 Å². The predicted octanol–water partition coefficient (Wildman–Crippen LogP) is 3.71. The fourth-order valence-electron chi connectivity index (χ4n) is 2.18. The van der Waals surface area contributed by atoms with E-state index in [0.717, 1.165) is 23.3 Å². The number of nitrogens with one attached hydrogen (secondary N) is 1. The van der Waals surface area contributed by atoms with Crippen molar-refractivity contribution in [3.8, 4) is 0 Å². The second-order valence-electron chi connectivity index (χ2n) is 4.75. The Morgan fingerprint density at radius 1 is 1.05 bits per heavy atom. The molecule has 0 spiro atoms. The maximum atomic E-state index is 13.6. The summed E-state index contributed by atoms with van der Waals surface area (Å²) in [6.07, 6.45) is -4.71. The van der Waals surface area contributed by atoms with Crippen LogP contribution in [0.4, 0.5) is 17.6 Å². The summed E-state index contributed by atoms with van der Waals surface area (Å²) < 4.78 is 51.3. The number of benzene rings is 2. The highest BCUT2D eigenvalue weighted by Gasteiger charge is 2.34. The van der Waals surface area contributed by atoms with Crippen molar-refractivity contribution in [2.24, 2.45) is 5.84 Å². The van der Waals surface area contributed by atoms with Gasteiger partial charge >= 0.3 is 6.18 Å². The molecule has 21 heavy (non-hydrogen) atoms. The Balaban J connectivity index is 2.42. The molecule has 0 aliphatic rings. The van der Waals surface area contributed by atoms with E-state index >= 15 is 0 Å². The lowest BCUT2D eigenvalue weighted by molar-refractivity contribution is -0.140. The molecule has 0 bridgehead atoms. The zero-order chi connectivity index (χ0) is 15.6. The van der Waals surface area contributed by atoms with Crippen molar-refractivity contribution in [3.05, 3.63) is 70.5 Å².